The third-order valence-electron chi connectivity index (χ3n) is 4.69. The maximum absolute atomic E-state index is 12.7. The molecule has 1 atom stereocenters. The number of nitrogens with one attached hydrogen (secondary N) is 2. The smallest absolute Gasteiger partial charge is 0.279 e. The summed E-state index contributed by atoms with van der Waals surface area (Å²) in [6.07, 6.45) is -0.279. The number of para-hydroxylation sites is 2. The van der Waals surface area contributed by atoms with E-state index in [9.17, 15) is 9.59 Å². The third-order valence-corrected chi connectivity index (χ3v) is 4.69. The molecule has 3 aromatic rings. The topological polar surface area (TPSA) is 76.7 Å². The number of carbonyl (C=O) groups is 2. The molecule has 0 heterocycles. The van der Waals surface area contributed by atoms with Gasteiger partial charge < -0.3 is 9.47 Å². The van der Waals surface area contributed by atoms with Gasteiger partial charge in [-0.1, -0.05) is 67.6 Å². The molecule has 0 aliphatic carbocycles. The molecule has 0 saturated heterocycles. The first kappa shape index (κ1) is 21.9. The van der Waals surface area contributed by atoms with Crippen LogP contribution in [0.15, 0.2) is 78.9 Å². The Balaban J connectivity index is 1.59. The Bertz CT molecular complexity index is 1020. The van der Waals surface area contributed by atoms with Crippen molar-refractivity contribution in [3.05, 3.63) is 95.6 Å². The number of amides is 2. The summed E-state index contributed by atoms with van der Waals surface area (Å²) in [7, 11) is 0. The summed E-state index contributed by atoms with van der Waals surface area (Å²) in [5.74, 6) is 0.168. The Kier molecular flexibility index (Phi) is 7.65. The molecular weight excluding hydrogens is 392 g/mol. The van der Waals surface area contributed by atoms with Crippen LogP contribution in [0.25, 0.3) is 0 Å². The van der Waals surface area contributed by atoms with Crippen LogP contribution in [0, 0.1) is 6.92 Å². The molecular formula is C25H26N2O4. The minimum absolute atomic E-state index is 0.326. The van der Waals surface area contributed by atoms with Crippen LogP contribution in [-0.2, 0) is 11.4 Å². The Morgan fingerprint density at radius 1 is 0.839 bits per heavy atom. The average Bonchev–Trinajstić information content (AvgIpc) is 2.81. The van der Waals surface area contributed by atoms with E-state index in [-0.39, 0.29) is 0 Å². The number of hydrogen-bond acceptors (Lipinski definition) is 4. The van der Waals surface area contributed by atoms with Crippen molar-refractivity contribution in [1.82, 2.24) is 10.9 Å². The lowest BCUT2D eigenvalue weighted by molar-refractivity contribution is -0.128. The van der Waals surface area contributed by atoms with Crippen molar-refractivity contribution < 1.29 is 19.1 Å². The van der Waals surface area contributed by atoms with E-state index >= 15 is 0 Å². The van der Waals surface area contributed by atoms with Gasteiger partial charge in [0.05, 0.1) is 5.56 Å². The molecule has 0 aliphatic rings. The maximum atomic E-state index is 12.7. The highest BCUT2D eigenvalue weighted by molar-refractivity contribution is 5.98. The summed E-state index contributed by atoms with van der Waals surface area (Å²) in [6.45, 7) is 4.09. The van der Waals surface area contributed by atoms with Crippen molar-refractivity contribution in [3.8, 4) is 11.5 Å². The molecule has 1 unspecified atom stereocenters. The Morgan fingerprint density at radius 3 is 2.19 bits per heavy atom. The van der Waals surface area contributed by atoms with Gasteiger partial charge in [0.15, 0.2) is 6.10 Å². The quantitative estimate of drug-likeness (QED) is 0.538. The summed E-state index contributed by atoms with van der Waals surface area (Å²) >= 11 is 0. The number of carbonyl (C=O) groups excluding carboxylic acids is 2. The summed E-state index contributed by atoms with van der Waals surface area (Å²) in [4.78, 5) is 25.2. The van der Waals surface area contributed by atoms with Gasteiger partial charge in [0.2, 0.25) is 0 Å². The number of aryl methyl sites for hydroxylation is 1. The van der Waals surface area contributed by atoms with Gasteiger partial charge >= 0.3 is 0 Å². The fraction of sp³-hybridized carbons (Fsp3) is 0.200. The molecule has 0 spiro atoms. The third kappa shape index (κ3) is 6.09. The SMILES string of the molecule is CCC(Oc1ccccc1C)C(=O)NNC(=O)c1ccccc1OCc1ccccc1. The van der Waals surface area contributed by atoms with Gasteiger partial charge in [-0.15, -0.1) is 0 Å². The van der Waals surface area contributed by atoms with E-state index in [1.165, 1.54) is 0 Å². The average molecular weight is 418 g/mol. The second-order valence-corrected chi connectivity index (χ2v) is 6.99. The van der Waals surface area contributed by atoms with E-state index in [0.717, 1.165) is 11.1 Å². The lowest BCUT2D eigenvalue weighted by Gasteiger charge is -2.19. The standard InChI is InChI=1S/C25H26N2O4/c1-3-21(31-22-15-9-7-11-18(22)2)25(29)27-26-24(28)20-14-8-10-16-23(20)30-17-19-12-5-4-6-13-19/h4-16,21H,3,17H2,1-2H3,(H,26,28)(H,27,29). The van der Waals surface area contributed by atoms with Crippen LogP contribution in [0.3, 0.4) is 0 Å². The largest absolute Gasteiger partial charge is 0.488 e. The van der Waals surface area contributed by atoms with E-state index < -0.39 is 17.9 Å². The van der Waals surface area contributed by atoms with Crippen molar-refractivity contribution in [3.63, 3.8) is 0 Å². The van der Waals surface area contributed by atoms with Gasteiger partial charge in [-0.3, -0.25) is 20.4 Å². The molecule has 0 bridgehead atoms. The van der Waals surface area contributed by atoms with Crippen LogP contribution in [0.5, 0.6) is 11.5 Å². The monoisotopic (exact) mass is 418 g/mol. The van der Waals surface area contributed by atoms with Crippen LogP contribution < -0.4 is 20.3 Å². The lowest BCUT2D eigenvalue weighted by atomic mass is 10.2. The summed E-state index contributed by atoms with van der Waals surface area (Å²) < 4.78 is 11.6. The van der Waals surface area contributed by atoms with Crippen LogP contribution in [0.1, 0.15) is 34.8 Å². The number of ether oxygens (including phenoxy) is 2. The highest BCUT2D eigenvalue weighted by atomic mass is 16.5. The van der Waals surface area contributed by atoms with E-state index in [4.69, 9.17) is 9.47 Å². The second kappa shape index (κ2) is 10.8. The molecule has 160 valence electrons. The summed E-state index contributed by atoms with van der Waals surface area (Å²) in [5, 5.41) is 0. The first-order valence-electron chi connectivity index (χ1n) is 10.2. The number of benzene rings is 3. The number of rotatable bonds is 8. The summed E-state index contributed by atoms with van der Waals surface area (Å²) in [5.41, 5.74) is 7.16. The van der Waals surface area contributed by atoms with Crippen LogP contribution in [0.2, 0.25) is 0 Å². The second-order valence-electron chi connectivity index (χ2n) is 6.99. The Morgan fingerprint density at radius 2 is 1.48 bits per heavy atom. The normalized spacial score (nSPS) is 11.3. The van der Waals surface area contributed by atoms with Crippen molar-refractivity contribution in [2.24, 2.45) is 0 Å². The van der Waals surface area contributed by atoms with Crippen molar-refractivity contribution in [1.29, 1.82) is 0 Å². The molecule has 6 nitrogen and oxygen atoms in total. The molecule has 3 aromatic carbocycles. The van der Waals surface area contributed by atoms with Crippen LogP contribution in [-0.4, -0.2) is 17.9 Å². The molecule has 6 heteroatoms. The molecule has 0 saturated carbocycles. The Labute approximate surface area is 182 Å². The molecule has 31 heavy (non-hydrogen) atoms. The molecule has 0 aromatic heterocycles. The minimum Gasteiger partial charge on any atom is -0.488 e. The first-order chi connectivity index (χ1) is 15.1. The van der Waals surface area contributed by atoms with Gasteiger partial charge in [-0.25, -0.2) is 0 Å². The van der Waals surface area contributed by atoms with Crippen molar-refractivity contribution >= 4 is 11.8 Å². The fourth-order valence-electron chi connectivity index (χ4n) is 2.95. The fourth-order valence-corrected chi connectivity index (χ4v) is 2.95. The predicted molar refractivity (Wildman–Crippen MR) is 119 cm³/mol. The zero-order chi connectivity index (χ0) is 22.1. The zero-order valence-electron chi connectivity index (χ0n) is 17.6. The zero-order valence-corrected chi connectivity index (χ0v) is 17.6. The molecule has 2 N–H and O–H groups in total. The molecule has 0 aliphatic heterocycles. The summed E-state index contributed by atoms with van der Waals surface area (Å²) in [6, 6.07) is 24.0. The van der Waals surface area contributed by atoms with Gasteiger partial charge in [0.25, 0.3) is 11.8 Å². The molecule has 3 rings (SSSR count). The van der Waals surface area contributed by atoms with Gasteiger partial charge in [-0.05, 0) is 42.7 Å². The molecule has 0 radical (unpaired) electrons. The highest BCUT2D eigenvalue weighted by Crippen LogP contribution is 2.20. The van der Waals surface area contributed by atoms with Crippen LogP contribution >= 0.6 is 0 Å². The Hall–Kier alpha value is -3.80. The highest BCUT2D eigenvalue weighted by Gasteiger charge is 2.20. The molecule has 2 amide bonds. The van der Waals surface area contributed by atoms with Crippen molar-refractivity contribution in [2.75, 3.05) is 0 Å². The predicted octanol–water partition coefficient (Wildman–Crippen LogP) is 4.19. The van der Waals surface area contributed by atoms with E-state index in [1.54, 1.807) is 24.3 Å². The number of hydrazine groups is 1. The number of hydrogen-bond donors (Lipinski definition) is 2. The van der Waals surface area contributed by atoms with Crippen molar-refractivity contribution in [2.45, 2.75) is 33.0 Å². The maximum Gasteiger partial charge on any atom is 0.279 e. The van der Waals surface area contributed by atoms with E-state index in [1.807, 2.05) is 68.4 Å². The van der Waals surface area contributed by atoms with E-state index in [2.05, 4.69) is 10.9 Å². The van der Waals surface area contributed by atoms with Gasteiger partial charge in [0, 0.05) is 0 Å². The van der Waals surface area contributed by atoms with E-state index in [0.29, 0.717) is 30.1 Å². The van der Waals surface area contributed by atoms with Gasteiger partial charge in [0.1, 0.15) is 18.1 Å². The first-order valence-corrected chi connectivity index (χ1v) is 10.2. The minimum atomic E-state index is -0.731. The van der Waals surface area contributed by atoms with Crippen LogP contribution in [0.4, 0.5) is 0 Å². The lowest BCUT2D eigenvalue weighted by Crippen LogP contribution is -2.48. The van der Waals surface area contributed by atoms with Gasteiger partial charge in [-0.2, -0.15) is 0 Å². The molecule has 0 fully saturated rings.